The third-order valence-corrected chi connectivity index (χ3v) is 2.69. The quantitative estimate of drug-likeness (QED) is 0.730. The van der Waals surface area contributed by atoms with Crippen LogP contribution in [0.5, 0.6) is 5.75 Å². The summed E-state index contributed by atoms with van der Waals surface area (Å²) in [5.41, 5.74) is 1.82. The highest BCUT2D eigenvalue weighted by atomic mass is 16.5. The van der Waals surface area contributed by atoms with Gasteiger partial charge in [0, 0.05) is 23.7 Å². The highest BCUT2D eigenvalue weighted by Crippen LogP contribution is 2.29. The van der Waals surface area contributed by atoms with Crippen molar-refractivity contribution in [1.29, 1.82) is 0 Å². The van der Waals surface area contributed by atoms with Gasteiger partial charge in [-0.3, -0.25) is 0 Å². The molecule has 0 aliphatic heterocycles. The smallest absolute Gasteiger partial charge is 0.142 e. The van der Waals surface area contributed by atoms with E-state index < -0.39 is 6.10 Å². The molecule has 86 valence electrons. The minimum Gasteiger partial charge on any atom is -0.495 e. The summed E-state index contributed by atoms with van der Waals surface area (Å²) < 4.78 is 5.25. The van der Waals surface area contributed by atoms with Gasteiger partial charge < -0.3 is 20.1 Å². The van der Waals surface area contributed by atoms with Crippen molar-refractivity contribution in [2.45, 2.75) is 6.10 Å². The van der Waals surface area contributed by atoms with Crippen molar-refractivity contribution in [3.8, 4) is 5.75 Å². The lowest BCUT2D eigenvalue weighted by Crippen LogP contribution is -2.16. The van der Waals surface area contributed by atoms with Gasteiger partial charge in [0.1, 0.15) is 5.75 Å². The van der Waals surface area contributed by atoms with Crippen LogP contribution in [0.4, 0.5) is 0 Å². The van der Waals surface area contributed by atoms with Crippen LogP contribution in [0.15, 0.2) is 24.4 Å². The van der Waals surface area contributed by atoms with Crippen molar-refractivity contribution < 1.29 is 9.84 Å². The highest BCUT2D eigenvalue weighted by molar-refractivity contribution is 5.88. The zero-order valence-corrected chi connectivity index (χ0v) is 9.45. The Balaban J connectivity index is 2.48. The molecule has 0 saturated heterocycles. The average Bonchev–Trinajstić information content (AvgIpc) is 2.72. The van der Waals surface area contributed by atoms with E-state index in [2.05, 4.69) is 10.3 Å². The van der Waals surface area contributed by atoms with Crippen LogP contribution in [0.2, 0.25) is 0 Å². The first kappa shape index (κ1) is 11.0. The first-order valence-corrected chi connectivity index (χ1v) is 5.24. The molecule has 0 amide bonds. The summed E-state index contributed by atoms with van der Waals surface area (Å²) in [6.07, 6.45) is 1.32. The molecule has 0 spiro atoms. The number of nitrogens with one attached hydrogen (secondary N) is 2. The summed E-state index contributed by atoms with van der Waals surface area (Å²) in [4.78, 5) is 3.13. The zero-order chi connectivity index (χ0) is 11.5. The van der Waals surface area contributed by atoms with E-state index in [1.165, 1.54) is 0 Å². The predicted octanol–water partition coefficient (Wildman–Crippen LogP) is 1.43. The monoisotopic (exact) mass is 220 g/mol. The van der Waals surface area contributed by atoms with E-state index in [0.717, 1.165) is 22.2 Å². The van der Waals surface area contributed by atoms with Crippen molar-refractivity contribution in [1.82, 2.24) is 10.3 Å². The summed E-state index contributed by atoms with van der Waals surface area (Å²) >= 11 is 0. The number of aromatic amines is 1. The van der Waals surface area contributed by atoms with Gasteiger partial charge >= 0.3 is 0 Å². The molecule has 1 aromatic heterocycles. The second-order valence-corrected chi connectivity index (χ2v) is 3.70. The fourth-order valence-corrected chi connectivity index (χ4v) is 1.90. The fourth-order valence-electron chi connectivity index (χ4n) is 1.90. The second kappa shape index (κ2) is 4.55. The molecule has 2 aromatic rings. The largest absolute Gasteiger partial charge is 0.495 e. The molecule has 1 aromatic carbocycles. The summed E-state index contributed by atoms with van der Waals surface area (Å²) in [5, 5.41) is 13.9. The van der Waals surface area contributed by atoms with Crippen LogP contribution in [0.25, 0.3) is 10.9 Å². The molecule has 16 heavy (non-hydrogen) atoms. The Morgan fingerprint density at radius 3 is 3.00 bits per heavy atom. The molecule has 0 aliphatic carbocycles. The average molecular weight is 220 g/mol. The lowest BCUT2D eigenvalue weighted by molar-refractivity contribution is 0.179. The van der Waals surface area contributed by atoms with Crippen molar-refractivity contribution in [3.63, 3.8) is 0 Å². The molecule has 0 fully saturated rings. The lowest BCUT2D eigenvalue weighted by atomic mass is 10.1. The van der Waals surface area contributed by atoms with Crippen molar-refractivity contribution >= 4 is 10.9 Å². The number of ether oxygens (including phenoxy) is 1. The van der Waals surface area contributed by atoms with Crippen LogP contribution in [-0.4, -0.2) is 30.8 Å². The number of likely N-dealkylation sites (N-methyl/N-ethyl adjacent to an activating group) is 1. The third-order valence-electron chi connectivity index (χ3n) is 2.69. The topological polar surface area (TPSA) is 57.3 Å². The maximum absolute atomic E-state index is 9.95. The highest BCUT2D eigenvalue weighted by Gasteiger charge is 2.13. The van der Waals surface area contributed by atoms with Gasteiger partial charge in [-0.15, -0.1) is 0 Å². The Hall–Kier alpha value is -1.52. The molecule has 0 saturated carbocycles. The number of fused-ring (bicyclic) bond motifs is 1. The van der Waals surface area contributed by atoms with Gasteiger partial charge in [0.05, 0.1) is 18.7 Å². The number of aromatic nitrogens is 1. The van der Waals surface area contributed by atoms with Crippen LogP contribution in [0.1, 0.15) is 11.7 Å². The number of H-pyrrole nitrogens is 1. The summed E-state index contributed by atoms with van der Waals surface area (Å²) in [6.45, 7) is 0.532. The Kier molecular flexibility index (Phi) is 3.12. The molecular weight excluding hydrogens is 204 g/mol. The van der Waals surface area contributed by atoms with Crippen LogP contribution in [-0.2, 0) is 0 Å². The van der Waals surface area contributed by atoms with Crippen molar-refractivity contribution in [2.24, 2.45) is 0 Å². The van der Waals surface area contributed by atoms with E-state index in [4.69, 9.17) is 4.74 Å². The molecular formula is C12H16N2O2. The number of aliphatic hydroxyl groups is 1. The van der Waals surface area contributed by atoms with Crippen LogP contribution in [0, 0.1) is 0 Å². The number of aliphatic hydroxyl groups excluding tert-OH is 1. The Labute approximate surface area is 94.2 Å². The summed E-state index contributed by atoms with van der Waals surface area (Å²) in [6, 6.07) is 5.79. The fraction of sp³-hybridized carbons (Fsp3) is 0.333. The molecule has 3 N–H and O–H groups in total. The molecule has 0 bridgehead atoms. The lowest BCUT2D eigenvalue weighted by Gasteiger charge is -2.08. The Morgan fingerprint density at radius 1 is 1.50 bits per heavy atom. The molecule has 1 heterocycles. The van der Waals surface area contributed by atoms with Gasteiger partial charge in [-0.1, -0.05) is 12.1 Å². The molecule has 0 radical (unpaired) electrons. The van der Waals surface area contributed by atoms with Gasteiger partial charge in [0.15, 0.2) is 0 Å². The van der Waals surface area contributed by atoms with E-state index >= 15 is 0 Å². The summed E-state index contributed by atoms with van der Waals surface area (Å²) in [7, 11) is 3.46. The van der Waals surface area contributed by atoms with Crippen LogP contribution >= 0.6 is 0 Å². The molecule has 2 rings (SSSR count). The van der Waals surface area contributed by atoms with Gasteiger partial charge in [0.2, 0.25) is 0 Å². The zero-order valence-electron chi connectivity index (χ0n) is 9.45. The van der Waals surface area contributed by atoms with E-state index in [9.17, 15) is 5.11 Å². The Bertz CT molecular complexity index is 479. The molecule has 1 atom stereocenters. The third kappa shape index (κ3) is 1.77. The van der Waals surface area contributed by atoms with E-state index in [1.807, 2.05) is 31.4 Å². The van der Waals surface area contributed by atoms with Crippen LogP contribution < -0.4 is 10.1 Å². The maximum Gasteiger partial charge on any atom is 0.142 e. The predicted molar refractivity (Wildman–Crippen MR) is 63.7 cm³/mol. The Morgan fingerprint density at radius 2 is 2.31 bits per heavy atom. The minimum atomic E-state index is -0.508. The number of rotatable bonds is 4. The van der Waals surface area contributed by atoms with Crippen molar-refractivity contribution in [3.05, 3.63) is 30.0 Å². The van der Waals surface area contributed by atoms with E-state index in [0.29, 0.717) is 6.54 Å². The van der Waals surface area contributed by atoms with Gasteiger partial charge in [0.25, 0.3) is 0 Å². The molecule has 4 nitrogen and oxygen atoms in total. The number of para-hydroxylation sites is 1. The van der Waals surface area contributed by atoms with Crippen LogP contribution in [0.3, 0.4) is 0 Å². The van der Waals surface area contributed by atoms with Gasteiger partial charge in [-0.05, 0) is 13.1 Å². The molecule has 0 aliphatic rings. The second-order valence-electron chi connectivity index (χ2n) is 3.70. The molecule has 4 heteroatoms. The minimum absolute atomic E-state index is 0.508. The SMILES string of the molecule is CNCC(O)c1c[nH]c2c(OC)cccc12. The number of hydrogen-bond donors (Lipinski definition) is 3. The van der Waals surface area contributed by atoms with Gasteiger partial charge in [-0.2, -0.15) is 0 Å². The first-order chi connectivity index (χ1) is 7.77. The molecule has 1 unspecified atom stereocenters. The summed E-state index contributed by atoms with van der Waals surface area (Å²) in [5.74, 6) is 0.792. The normalized spacial score (nSPS) is 12.9. The standard InChI is InChI=1S/C12H16N2O2/c1-13-7-10(15)9-6-14-12-8(9)4-3-5-11(12)16-2/h3-6,10,13-15H,7H2,1-2H3. The van der Waals surface area contributed by atoms with Crippen molar-refractivity contribution in [2.75, 3.05) is 20.7 Å². The first-order valence-electron chi connectivity index (χ1n) is 5.24. The maximum atomic E-state index is 9.95. The van der Waals surface area contributed by atoms with Gasteiger partial charge in [-0.25, -0.2) is 0 Å². The number of benzene rings is 1. The number of methoxy groups -OCH3 is 1. The number of hydrogen-bond acceptors (Lipinski definition) is 3. The van der Waals surface area contributed by atoms with E-state index in [-0.39, 0.29) is 0 Å². The van der Waals surface area contributed by atoms with E-state index in [1.54, 1.807) is 7.11 Å².